The Kier molecular flexibility index (Phi) is 6.55. The van der Waals surface area contributed by atoms with E-state index >= 15 is 0 Å². The fraction of sp³-hybridized carbons (Fsp3) is 0.667. The van der Waals surface area contributed by atoms with E-state index in [-0.39, 0.29) is 0 Å². The predicted molar refractivity (Wildman–Crippen MR) is 74.5 cm³/mol. The van der Waals surface area contributed by atoms with Crippen molar-refractivity contribution >= 4 is 0 Å². The van der Waals surface area contributed by atoms with Gasteiger partial charge in [-0.25, -0.2) is 4.98 Å². The van der Waals surface area contributed by atoms with E-state index < -0.39 is 0 Å². The fourth-order valence-corrected chi connectivity index (χ4v) is 2.25. The van der Waals surface area contributed by atoms with Crippen molar-refractivity contribution < 1.29 is 9.47 Å². The van der Waals surface area contributed by atoms with Crippen LogP contribution in [0.5, 0.6) is 11.6 Å². The topological polar surface area (TPSA) is 31.4 Å². The van der Waals surface area contributed by atoms with Crippen molar-refractivity contribution in [2.75, 3.05) is 14.2 Å². The minimum absolute atomic E-state index is 0.417. The largest absolute Gasteiger partial charge is 0.496 e. The lowest BCUT2D eigenvalue weighted by Crippen LogP contribution is -2.03. The maximum atomic E-state index is 5.42. The lowest BCUT2D eigenvalue weighted by molar-refractivity contribution is 0.365. The quantitative estimate of drug-likeness (QED) is 0.650. The molecule has 1 rings (SSSR count). The lowest BCUT2D eigenvalue weighted by atomic mass is 9.95. The molecule has 1 aromatic heterocycles. The number of hydrogen-bond donors (Lipinski definition) is 0. The summed E-state index contributed by atoms with van der Waals surface area (Å²) in [7, 11) is 3.36. The van der Waals surface area contributed by atoms with Gasteiger partial charge in [-0.15, -0.1) is 0 Å². The minimum atomic E-state index is 0.417. The normalized spacial score (nSPS) is 12.2. The Morgan fingerprint density at radius 2 is 1.94 bits per heavy atom. The number of nitrogens with zero attached hydrogens (tertiary/aromatic N) is 1. The first kappa shape index (κ1) is 14.8. The molecule has 3 nitrogen and oxygen atoms in total. The van der Waals surface area contributed by atoms with Crippen LogP contribution in [0.1, 0.15) is 57.4 Å². The SMILES string of the molecule is CCCCCCC(C)c1c(OC)ccnc1OC. The molecular formula is C15H25NO2. The van der Waals surface area contributed by atoms with Crippen LogP contribution in [-0.4, -0.2) is 19.2 Å². The predicted octanol–water partition coefficient (Wildman–Crippen LogP) is 4.17. The van der Waals surface area contributed by atoms with E-state index in [1.54, 1.807) is 20.4 Å². The van der Waals surface area contributed by atoms with Gasteiger partial charge in [0.05, 0.1) is 19.8 Å². The number of methoxy groups -OCH3 is 2. The Labute approximate surface area is 111 Å². The average Bonchev–Trinajstić information content (AvgIpc) is 2.42. The van der Waals surface area contributed by atoms with Gasteiger partial charge in [0.2, 0.25) is 5.88 Å². The Morgan fingerprint density at radius 3 is 2.56 bits per heavy atom. The zero-order valence-corrected chi connectivity index (χ0v) is 12.0. The molecule has 0 aliphatic rings. The summed E-state index contributed by atoms with van der Waals surface area (Å²) in [6.07, 6.45) is 8.01. The van der Waals surface area contributed by atoms with E-state index in [1.807, 2.05) is 6.07 Å². The van der Waals surface area contributed by atoms with Gasteiger partial charge < -0.3 is 9.47 Å². The molecule has 0 N–H and O–H groups in total. The maximum absolute atomic E-state index is 5.42. The Morgan fingerprint density at radius 1 is 1.17 bits per heavy atom. The molecule has 0 amide bonds. The van der Waals surface area contributed by atoms with Crippen LogP contribution in [0.25, 0.3) is 0 Å². The van der Waals surface area contributed by atoms with Crippen LogP contribution in [0.3, 0.4) is 0 Å². The highest BCUT2D eigenvalue weighted by Crippen LogP contribution is 2.35. The van der Waals surface area contributed by atoms with Crippen LogP contribution in [0.4, 0.5) is 0 Å². The number of unbranched alkanes of at least 4 members (excludes halogenated alkanes) is 3. The highest BCUT2D eigenvalue weighted by Gasteiger charge is 2.17. The first-order valence-corrected chi connectivity index (χ1v) is 6.81. The van der Waals surface area contributed by atoms with Crippen molar-refractivity contribution in [1.82, 2.24) is 4.98 Å². The number of aromatic nitrogens is 1. The van der Waals surface area contributed by atoms with Crippen molar-refractivity contribution in [2.24, 2.45) is 0 Å². The summed E-state index contributed by atoms with van der Waals surface area (Å²) < 4.78 is 10.8. The van der Waals surface area contributed by atoms with Crippen LogP contribution in [0.15, 0.2) is 12.3 Å². The summed E-state index contributed by atoms with van der Waals surface area (Å²) in [4.78, 5) is 4.27. The zero-order valence-electron chi connectivity index (χ0n) is 12.0. The van der Waals surface area contributed by atoms with E-state index in [2.05, 4.69) is 18.8 Å². The molecule has 0 fully saturated rings. The summed E-state index contributed by atoms with van der Waals surface area (Å²) in [5.41, 5.74) is 1.10. The molecule has 0 aliphatic carbocycles. The van der Waals surface area contributed by atoms with Crippen molar-refractivity contribution in [3.05, 3.63) is 17.8 Å². The molecule has 1 atom stereocenters. The third-order valence-electron chi connectivity index (χ3n) is 3.31. The average molecular weight is 251 g/mol. The van der Waals surface area contributed by atoms with Gasteiger partial charge >= 0.3 is 0 Å². The highest BCUT2D eigenvalue weighted by atomic mass is 16.5. The van der Waals surface area contributed by atoms with Gasteiger partial charge in [-0.3, -0.25) is 0 Å². The van der Waals surface area contributed by atoms with E-state index in [1.165, 1.54) is 25.7 Å². The molecular weight excluding hydrogens is 226 g/mol. The minimum Gasteiger partial charge on any atom is -0.496 e. The van der Waals surface area contributed by atoms with E-state index in [9.17, 15) is 0 Å². The molecule has 0 radical (unpaired) electrons. The van der Waals surface area contributed by atoms with Crippen LogP contribution in [-0.2, 0) is 0 Å². The first-order chi connectivity index (χ1) is 8.74. The molecule has 18 heavy (non-hydrogen) atoms. The van der Waals surface area contributed by atoms with Gasteiger partial charge in [0.15, 0.2) is 0 Å². The second kappa shape index (κ2) is 7.96. The summed E-state index contributed by atoms with van der Waals surface area (Å²) in [6, 6.07) is 1.90. The third kappa shape index (κ3) is 3.90. The fourth-order valence-electron chi connectivity index (χ4n) is 2.25. The molecule has 1 heterocycles. The lowest BCUT2D eigenvalue weighted by Gasteiger charge is -2.17. The van der Waals surface area contributed by atoms with Crippen LogP contribution >= 0.6 is 0 Å². The second-order valence-corrected chi connectivity index (χ2v) is 4.69. The molecule has 0 saturated carbocycles. The van der Waals surface area contributed by atoms with Gasteiger partial charge in [0.25, 0.3) is 0 Å². The molecule has 0 aromatic carbocycles. The van der Waals surface area contributed by atoms with Gasteiger partial charge in [-0.2, -0.15) is 0 Å². The summed E-state index contributed by atoms with van der Waals surface area (Å²) >= 11 is 0. The van der Waals surface area contributed by atoms with Gasteiger partial charge in [-0.1, -0.05) is 39.5 Å². The number of pyridine rings is 1. The maximum Gasteiger partial charge on any atom is 0.220 e. The molecule has 1 unspecified atom stereocenters. The second-order valence-electron chi connectivity index (χ2n) is 4.69. The Hall–Kier alpha value is -1.25. The summed E-state index contributed by atoms with van der Waals surface area (Å²) in [5, 5.41) is 0. The van der Waals surface area contributed by atoms with Crippen molar-refractivity contribution in [3.8, 4) is 11.6 Å². The highest BCUT2D eigenvalue weighted by molar-refractivity contribution is 5.42. The molecule has 0 aliphatic heterocycles. The molecule has 1 aromatic rings. The zero-order chi connectivity index (χ0) is 13.4. The van der Waals surface area contributed by atoms with E-state index in [0.29, 0.717) is 11.8 Å². The van der Waals surface area contributed by atoms with Crippen molar-refractivity contribution in [1.29, 1.82) is 0 Å². The number of ether oxygens (including phenoxy) is 2. The molecule has 3 heteroatoms. The van der Waals surface area contributed by atoms with Gasteiger partial charge in [-0.05, 0) is 18.4 Å². The molecule has 0 saturated heterocycles. The number of rotatable bonds is 8. The van der Waals surface area contributed by atoms with Crippen molar-refractivity contribution in [3.63, 3.8) is 0 Å². The van der Waals surface area contributed by atoms with Gasteiger partial charge in [0.1, 0.15) is 5.75 Å². The smallest absolute Gasteiger partial charge is 0.220 e. The van der Waals surface area contributed by atoms with Crippen molar-refractivity contribution in [2.45, 2.75) is 51.9 Å². The van der Waals surface area contributed by atoms with E-state index in [0.717, 1.165) is 17.7 Å². The Balaban J connectivity index is 2.73. The Bertz CT molecular complexity index is 330. The van der Waals surface area contributed by atoms with Crippen LogP contribution < -0.4 is 9.47 Å². The molecule has 0 bridgehead atoms. The first-order valence-electron chi connectivity index (χ1n) is 6.81. The summed E-state index contributed by atoms with van der Waals surface area (Å²) in [6.45, 7) is 4.45. The third-order valence-corrected chi connectivity index (χ3v) is 3.31. The monoisotopic (exact) mass is 251 g/mol. The molecule has 102 valence electrons. The standard InChI is InChI=1S/C15H25NO2/c1-5-6-7-8-9-12(2)14-13(17-3)10-11-16-15(14)18-4/h10-12H,5-9H2,1-4H3. The number of hydrogen-bond acceptors (Lipinski definition) is 3. The van der Waals surface area contributed by atoms with Gasteiger partial charge in [0, 0.05) is 6.20 Å². The van der Waals surface area contributed by atoms with E-state index in [4.69, 9.17) is 9.47 Å². The van der Waals surface area contributed by atoms with Crippen LogP contribution in [0, 0.1) is 0 Å². The summed E-state index contributed by atoms with van der Waals surface area (Å²) in [5.74, 6) is 1.99. The molecule has 0 spiro atoms. The van der Waals surface area contributed by atoms with Crippen LogP contribution in [0.2, 0.25) is 0 Å².